The summed E-state index contributed by atoms with van der Waals surface area (Å²) in [6.45, 7) is 6.58. The van der Waals surface area contributed by atoms with Gasteiger partial charge in [0.15, 0.2) is 15.0 Å². The van der Waals surface area contributed by atoms with E-state index in [1.54, 1.807) is 11.9 Å². The van der Waals surface area contributed by atoms with Crippen LogP contribution in [-0.2, 0) is 19.4 Å². The number of nitrogens with zero attached hydrogens (tertiary/aromatic N) is 5. The number of hydrogen-bond acceptors (Lipinski definition) is 8. The number of morpholine rings is 1. The van der Waals surface area contributed by atoms with Gasteiger partial charge in [-0.25, -0.2) is 8.42 Å². The number of benzene rings is 1. The number of aromatic nitrogens is 3. The second kappa shape index (κ2) is 9.40. The first-order valence-corrected chi connectivity index (χ1v) is 13.4. The number of amides is 1. The molecule has 0 radical (unpaired) electrons. The van der Waals surface area contributed by atoms with Crippen molar-refractivity contribution in [2.75, 3.05) is 49.8 Å². The zero-order chi connectivity index (χ0) is 22.9. The van der Waals surface area contributed by atoms with Gasteiger partial charge in [-0.3, -0.25) is 9.36 Å². The van der Waals surface area contributed by atoms with Gasteiger partial charge in [-0.05, 0) is 31.9 Å². The zero-order valence-electron chi connectivity index (χ0n) is 18.6. The third-order valence-corrected chi connectivity index (χ3v) is 8.78. The highest BCUT2D eigenvalue weighted by Crippen LogP contribution is 2.32. The van der Waals surface area contributed by atoms with Crippen molar-refractivity contribution in [1.29, 1.82) is 0 Å². The predicted molar refractivity (Wildman–Crippen MR) is 124 cm³/mol. The van der Waals surface area contributed by atoms with Crippen LogP contribution in [0.2, 0.25) is 0 Å². The van der Waals surface area contributed by atoms with Crippen molar-refractivity contribution in [3.05, 3.63) is 29.8 Å². The number of thioether (sulfide) groups is 1. The molecular formula is C21H29N5O4S2. The zero-order valence-corrected chi connectivity index (χ0v) is 20.2. The van der Waals surface area contributed by atoms with E-state index < -0.39 is 15.1 Å². The maximum absolute atomic E-state index is 13.1. The Kier molecular flexibility index (Phi) is 6.78. The molecule has 9 nitrogen and oxygen atoms in total. The first kappa shape index (κ1) is 23.1. The molecule has 2 saturated heterocycles. The molecule has 4 rings (SSSR count). The molecule has 174 valence electrons. The Labute approximate surface area is 193 Å². The fraction of sp³-hybridized carbons (Fsp3) is 0.571. The number of carbonyl (C=O) groups excluding carboxylic acids is 1. The number of para-hydroxylation sites is 1. The molecule has 0 saturated carbocycles. The molecular weight excluding hydrogens is 450 g/mol. The Balaban J connectivity index is 1.60. The molecule has 1 amide bonds. The Morgan fingerprint density at radius 3 is 2.62 bits per heavy atom. The number of sulfone groups is 1. The van der Waals surface area contributed by atoms with Crippen LogP contribution >= 0.6 is 11.8 Å². The topological polar surface area (TPSA) is 97.6 Å². The molecule has 0 spiro atoms. The average molecular weight is 480 g/mol. The molecule has 3 heterocycles. The molecule has 1 aromatic carbocycles. The van der Waals surface area contributed by atoms with Gasteiger partial charge in [0.1, 0.15) is 0 Å². The lowest BCUT2D eigenvalue weighted by molar-refractivity contribution is -0.130. The van der Waals surface area contributed by atoms with E-state index in [-0.39, 0.29) is 23.5 Å². The minimum atomic E-state index is -3.06. The molecule has 0 aliphatic carbocycles. The van der Waals surface area contributed by atoms with Crippen LogP contribution < -0.4 is 4.90 Å². The summed E-state index contributed by atoms with van der Waals surface area (Å²) in [6, 6.07) is 7.75. The number of carbonyl (C=O) groups is 1. The van der Waals surface area contributed by atoms with E-state index in [1.165, 1.54) is 11.8 Å². The summed E-state index contributed by atoms with van der Waals surface area (Å²) >= 11 is 1.34. The van der Waals surface area contributed by atoms with Crippen LogP contribution in [0, 0.1) is 6.92 Å². The summed E-state index contributed by atoms with van der Waals surface area (Å²) in [7, 11) is -1.37. The third-order valence-electron chi connectivity index (χ3n) is 6.00. The first-order chi connectivity index (χ1) is 15.3. The maximum atomic E-state index is 13.1. The first-order valence-electron chi connectivity index (χ1n) is 10.7. The van der Waals surface area contributed by atoms with Gasteiger partial charge < -0.3 is 14.5 Å². The Bertz CT molecular complexity index is 1080. The molecule has 0 N–H and O–H groups in total. The Morgan fingerprint density at radius 2 is 1.97 bits per heavy atom. The van der Waals surface area contributed by atoms with Crippen LogP contribution in [0.5, 0.6) is 0 Å². The van der Waals surface area contributed by atoms with Crippen molar-refractivity contribution in [2.45, 2.75) is 36.7 Å². The minimum Gasteiger partial charge on any atom is -0.378 e. The van der Waals surface area contributed by atoms with Crippen LogP contribution in [0.1, 0.15) is 18.9 Å². The van der Waals surface area contributed by atoms with Gasteiger partial charge in [-0.2, -0.15) is 0 Å². The van der Waals surface area contributed by atoms with Gasteiger partial charge in [0, 0.05) is 26.2 Å². The molecule has 32 heavy (non-hydrogen) atoms. The summed E-state index contributed by atoms with van der Waals surface area (Å²) in [5.41, 5.74) is 2.05. The standard InChI is InChI=1S/C21H29N5O4S2/c1-15-6-4-5-7-18(15)26-20(25-9-11-30-12-10-25)22-23-21(26)31-16(2)19(27)24(3)17-8-13-32(28,29)14-17/h4-7,16-17H,8-14H2,1-3H3/t16-,17-/m0/s1. The molecule has 2 aliphatic heterocycles. The highest BCUT2D eigenvalue weighted by atomic mass is 32.2. The highest BCUT2D eigenvalue weighted by molar-refractivity contribution is 8.00. The minimum absolute atomic E-state index is 0.0349. The fourth-order valence-electron chi connectivity index (χ4n) is 4.09. The van der Waals surface area contributed by atoms with Crippen LogP contribution in [0.25, 0.3) is 5.69 Å². The fourth-order valence-corrected chi connectivity index (χ4v) is 6.82. The Morgan fingerprint density at radius 1 is 1.25 bits per heavy atom. The molecule has 2 fully saturated rings. The van der Waals surface area contributed by atoms with Gasteiger partial charge in [0.2, 0.25) is 11.9 Å². The van der Waals surface area contributed by atoms with Gasteiger partial charge in [-0.1, -0.05) is 30.0 Å². The van der Waals surface area contributed by atoms with E-state index >= 15 is 0 Å². The highest BCUT2D eigenvalue weighted by Gasteiger charge is 2.35. The largest absolute Gasteiger partial charge is 0.378 e. The van der Waals surface area contributed by atoms with Crippen LogP contribution in [-0.4, -0.2) is 90.1 Å². The molecule has 2 aromatic rings. The molecule has 2 atom stereocenters. The van der Waals surface area contributed by atoms with E-state index in [0.29, 0.717) is 24.8 Å². The van der Waals surface area contributed by atoms with E-state index in [9.17, 15) is 13.2 Å². The van der Waals surface area contributed by atoms with Gasteiger partial charge in [0.05, 0.1) is 35.7 Å². The lowest BCUT2D eigenvalue weighted by atomic mass is 10.2. The average Bonchev–Trinajstić information content (AvgIpc) is 3.36. The SMILES string of the molecule is Cc1ccccc1-n1c(S[C@@H](C)C(=O)N(C)[C@H]2CCS(=O)(=O)C2)nnc1N1CCOCC1. The molecule has 11 heteroatoms. The quantitative estimate of drug-likeness (QED) is 0.576. The number of aryl methyl sites for hydroxylation is 1. The lowest BCUT2D eigenvalue weighted by Crippen LogP contribution is -2.41. The Hall–Kier alpha value is -2.11. The van der Waals surface area contributed by atoms with Crippen molar-refractivity contribution in [1.82, 2.24) is 19.7 Å². The van der Waals surface area contributed by atoms with Crippen LogP contribution in [0.15, 0.2) is 29.4 Å². The molecule has 2 aliphatic rings. The third kappa shape index (κ3) is 4.79. The number of anilines is 1. The predicted octanol–water partition coefficient (Wildman–Crippen LogP) is 1.54. The second-order valence-electron chi connectivity index (χ2n) is 8.27. The monoisotopic (exact) mass is 479 g/mol. The smallest absolute Gasteiger partial charge is 0.235 e. The normalized spacial score (nSPS) is 21.5. The molecule has 0 unspecified atom stereocenters. The molecule has 0 bridgehead atoms. The van der Waals surface area contributed by atoms with Crippen molar-refractivity contribution < 1.29 is 17.9 Å². The van der Waals surface area contributed by atoms with Crippen LogP contribution in [0.4, 0.5) is 5.95 Å². The van der Waals surface area contributed by atoms with Crippen molar-refractivity contribution in [2.24, 2.45) is 0 Å². The summed E-state index contributed by atoms with van der Waals surface area (Å²) in [5, 5.41) is 9.10. The number of rotatable bonds is 6. The van der Waals surface area contributed by atoms with E-state index in [0.717, 1.165) is 30.3 Å². The lowest BCUT2D eigenvalue weighted by Gasteiger charge is -2.28. The van der Waals surface area contributed by atoms with Crippen molar-refractivity contribution in [3.8, 4) is 5.69 Å². The maximum Gasteiger partial charge on any atom is 0.235 e. The van der Waals surface area contributed by atoms with Crippen molar-refractivity contribution in [3.63, 3.8) is 0 Å². The van der Waals surface area contributed by atoms with E-state index in [1.807, 2.05) is 42.7 Å². The summed E-state index contributed by atoms with van der Waals surface area (Å²) < 4.78 is 31.2. The summed E-state index contributed by atoms with van der Waals surface area (Å²) in [5.74, 6) is 0.804. The number of ether oxygens (including phenoxy) is 1. The van der Waals surface area contributed by atoms with Gasteiger partial charge in [-0.15, -0.1) is 10.2 Å². The van der Waals surface area contributed by atoms with Gasteiger partial charge >= 0.3 is 0 Å². The van der Waals surface area contributed by atoms with E-state index in [2.05, 4.69) is 15.1 Å². The summed E-state index contributed by atoms with van der Waals surface area (Å²) in [6.07, 6.45) is 0.489. The van der Waals surface area contributed by atoms with Gasteiger partial charge in [0.25, 0.3) is 0 Å². The van der Waals surface area contributed by atoms with Crippen molar-refractivity contribution >= 4 is 33.5 Å². The van der Waals surface area contributed by atoms with Crippen LogP contribution in [0.3, 0.4) is 0 Å². The second-order valence-corrected chi connectivity index (χ2v) is 11.8. The number of hydrogen-bond donors (Lipinski definition) is 0. The summed E-state index contributed by atoms with van der Waals surface area (Å²) in [4.78, 5) is 16.8. The van der Waals surface area contributed by atoms with E-state index in [4.69, 9.17) is 4.74 Å². The molecule has 1 aromatic heterocycles.